The van der Waals surface area contributed by atoms with Gasteiger partial charge in [-0.05, 0) is 62.1 Å². The zero-order valence-corrected chi connectivity index (χ0v) is 19.9. The molecule has 2 saturated heterocycles. The predicted octanol–water partition coefficient (Wildman–Crippen LogP) is 4.53. The minimum absolute atomic E-state index is 0.0185. The van der Waals surface area contributed by atoms with Crippen molar-refractivity contribution in [3.05, 3.63) is 65.0 Å². The first-order chi connectivity index (χ1) is 16.5. The molecule has 3 heterocycles. The number of anilines is 1. The van der Waals surface area contributed by atoms with Crippen LogP contribution < -0.4 is 4.90 Å². The third kappa shape index (κ3) is 4.85. The van der Waals surface area contributed by atoms with Gasteiger partial charge in [-0.2, -0.15) is 4.98 Å². The van der Waals surface area contributed by atoms with E-state index < -0.39 is 0 Å². The number of likely N-dealkylation sites (tertiary alicyclic amines) is 1. The molecule has 176 valence electrons. The number of aryl methyl sites for hydroxylation is 1. The lowest BCUT2D eigenvalue weighted by atomic mass is 9.92. The second-order valence-corrected chi connectivity index (χ2v) is 9.67. The Hall–Kier alpha value is -3.19. The molecular formula is C26H27ClN4O3. The number of rotatable bonds is 5. The summed E-state index contributed by atoms with van der Waals surface area (Å²) in [5.74, 6) is 1.39. The summed E-state index contributed by atoms with van der Waals surface area (Å²) in [5.41, 5.74) is 2.88. The van der Waals surface area contributed by atoms with E-state index in [1.54, 1.807) is 17.0 Å². The van der Waals surface area contributed by atoms with Gasteiger partial charge < -0.3 is 14.3 Å². The summed E-state index contributed by atoms with van der Waals surface area (Å²) in [4.78, 5) is 33.9. The van der Waals surface area contributed by atoms with Gasteiger partial charge in [-0.3, -0.25) is 9.59 Å². The van der Waals surface area contributed by atoms with Gasteiger partial charge in [-0.15, -0.1) is 0 Å². The first kappa shape index (κ1) is 22.6. The highest BCUT2D eigenvalue weighted by Gasteiger charge is 2.38. The number of hydrogen-bond acceptors (Lipinski definition) is 5. The Morgan fingerprint density at radius 3 is 2.50 bits per heavy atom. The molecular weight excluding hydrogens is 452 g/mol. The predicted molar refractivity (Wildman–Crippen MR) is 129 cm³/mol. The maximum atomic E-state index is 13.1. The van der Waals surface area contributed by atoms with Gasteiger partial charge in [-0.25, -0.2) is 0 Å². The Morgan fingerprint density at radius 2 is 1.79 bits per heavy atom. The first-order valence-corrected chi connectivity index (χ1v) is 12.1. The number of benzene rings is 2. The van der Waals surface area contributed by atoms with Crippen molar-refractivity contribution in [3.8, 4) is 11.4 Å². The van der Waals surface area contributed by atoms with E-state index >= 15 is 0 Å². The molecule has 1 atom stereocenters. The molecule has 0 spiro atoms. The third-order valence-corrected chi connectivity index (χ3v) is 7.03. The molecule has 0 saturated carbocycles. The molecule has 0 aliphatic carbocycles. The van der Waals surface area contributed by atoms with Gasteiger partial charge in [0, 0.05) is 48.7 Å². The van der Waals surface area contributed by atoms with Crippen molar-refractivity contribution in [2.75, 3.05) is 24.5 Å². The number of nitrogens with zero attached hydrogens (tertiary/aromatic N) is 4. The van der Waals surface area contributed by atoms with Crippen molar-refractivity contribution in [2.45, 2.75) is 32.6 Å². The van der Waals surface area contributed by atoms with Crippen LogP contribution in [0.1, 0.15) is 30.7 Å². The molecule has 2 amide bonds. The van der Waals surface area contributed by atoms with E-state index in [0.29, 0.717) is 48.7 Å². The molecule has 0 N–H and O–H groups in total. The highest BCUT2D eigenvalue weighted by molar-refractivity contribution is 6.30. The molecule has 0 unspecified atom stereocenters. The van der Waals surface area contributed by atoms with Crippen LogP contribution in [0.5, 0.6) is 0 Å². The summed E-state index contributed by atoms with van der Waals surface area (Å²) >= 11 is 5.94. The van der Waals surface area contributed by atoms with Crippen molar-refractivity contribution in [1.82, 2.24) is 15.0 Å². The molecule has 5 rings (SSSR count). The molecule has 2 aromatic carbocycles. The maximum absolute atomic E-state index is 13.1. The standard InChI is InChI=1S/C26H27ClN4O3/c1-17-2-8-22(9-3-17)31-16-20(15-24(31)32)26(33)30-12-10-18(11-13-30)14-23-28-25(29-34-23)19-4-6-21(27)7-5-19/h2-9,18,20H,10-16H2,1H3/t20-/m0/s1. The Balaban J connectivity index is 1.13. The molecule has 2 aliphatic rings. The lowest BCUT2D eigenvalue weighted by Crippen LogP contribution is -2.42. The van der Waals surface area contributed by atoms with Gasteiger partial charge in [-0.1, -0.05) is 34.5 Å². The van der Waals surface area contributed by atoms with E-state index in [-0.39, 0.29) is 24.2 Å². The van der Waals surface area contributed by atoms with Gasteiger partial charge in [0.05, 0.1) is 5.92 Å². The van der Waals surface area contributed by atoms with Crippen molar-refractivity contribution < 1.29 is 14.1 Å². The van der Waals surface area contributed by atoms with Crippen LogP contribution in [0.15, 0.2) is 53.1 Å². The topological polar surface area (TPSA) is 79.5 Å². The normalized spacial score (nSPS) is 19.1. The molecule has 1 aromatic heterocycles. The molecule has 7 nitrogen and oxygen atoms in total. The van der Waals surface area contributed by atoms with Crippen molar-refractivity contribution in [2.24, 2.45) is 11.8 Å². The Kier molecular flexibility index (Phi) is 6.37. The first-order valence-electron chi connectivity index (χ1n) is 11.7. The molecule has 2 fully saturated rings. The molecule has 8 heteroatoms. The van der Waals surface area contributed by atoms with E-state index in [2.05, 4.69) is 10.1 Å². The van der Waals surface area contributed by atoms with Crippen LogP contribution in [0, 0.1) is 18.8 Å². The lowest BCUT2D eigenvalue weighted by molar-refractivity contribution is -0.137. The van der Waals surface area contributed by atoms with Gasteiger partial charge in [0.25, 0.3) is 0 Å². The van der Waals surface area contributed by atoms with Crippen LogP contribution in [-0.2, 0) is 16.0 Å². The number of aromatic nitrogens is 2. The summed E-state index contributed by atoms with van der Waals surface area (Å²) in [5, 5.41) is 4.76. The van der Waals surface area contributed by atoms with Gasteiger partial charge in [0.1, 0.15) is 0 Å². The summed E-state index contributed by atoms with van der Waals surface area (Å²) in [6, 6.07) is 15.2. The number of carbonyl (C=O) groups is 2. The SMILES string of the molecule is Cc1ccc(N2C[C@@H](C(=O)N3CCC(Cc4nc(-c5ccc(Cl)cc5)no4)CC3)CC2=O)cc1. The van der Waals surface area contributed by atoms with E-state index in [1.165, 1.54) is 0 Å². The highest BCUT2D eigenvalue weighted by atomic mass is 35.5. The summed E-state index contributed by atoms with van der Waals surface area (Å²) in [6.07, 6.45) is 2.74. The number of hydrogen-bond donors (Lipinski definition) is 0. The van der Waals surface area contributed by atoms with Crippen LogP contribution in [0.3, 0.4) is 0 Å². The molecule has 0 bridgehead atoms. The van der Waals surface area contributed by atoms with Gasteiger partial charge in [0.2, 0.25) is 23.5 Å². The Labute approximate surface area is 203 Å². The van der Waals surface area contributed by atoms with Crippen LogP contribution in [-0.4, -0.2) is 46.5 Å². The van der Waals surface area contributed by atoms with E-state index in [4.69, 9.17) is 16.1 Å². The van der Waals surface area contributed by atoms with E-state index in [9.17, 15) is 9.59 Å². The van der Waals surface area contributed by atoms with Crippen LogP contribution >= 0.6 is 11.6 Å². The number of piperidine rings is 1. The summed E-state index contributed by atoms with van der Waals surface area (Å²) in [6.45, 7) is 3.85. The van der Waals surface area contributed by atoms with Gasteiger partial charge in [0.15, 0.2) is 0 Å². The average molecular weight is 479 g/mol. The largest absolute Gasteiger partial charge is 0.342 e. The van der Waals surface area contributed by atoms with Crippen molar-refractivity contribution in [3.63, 3.8) is 0 Å². The second kappa shape index (κ2) is 9.58. The maximum Gasteiger partial charge on any atom is 0.228 e. The van der Waals surface area contributed by atoms with Crippen molar-refractivity contribution >= 4 is 29.1 Å². The fraction of sp³-hybridized carbons (Fsp3) is 0.385. The van der Waals surface area contributed by atoms with Crippen LogP contribution in [0.4, 0.5) is 5.69 Å². The van der Waals surface area contributed by atoms with Gasteiger partial charge >= 0.3 is 0 Å². The highest BCUT2D eigenvalue weighted by Crippen LogP contribution is 2.29. The Bertz CT molecular complexity index is 1170. The van der Waals surface area contributed by atoms with Crippen LogP contribution in [0.25, 0.3) is 11.4 Å². The molecule has 34 heavy (non-hydrogen) atoms. The monoisotopic (exact) mass is 478 g/mol. The zero-order chi connectivity index (χ0) is 23.7. The second-order valence-electron chi connectivity index (χ2n) is 9.23. The number of amides is 2. The molecule has 0 radical (unpaired) electrons. The smallest absolute Gasteiger partial charge is 0.228 e. The minimum atomic E-state index is -0.275. The van der Waals surface area contributed by atoms with Crippen LogP contribution in [0.2, 0.25) is 5.02 Å². The minimum Gasteiger partial charge on any atom is -0.342 e. The van der Waals surface area contributed by atoms with Crippen molar-refractivity contribution in [1.29, 1.82) is 0 Å². The molecule has 2 aliphatic heterocycles. The summed E-state index contributed by atoms with van der Waals surface area (Å²) in [7, 11) is 0. The third-order valence-electron chi connectivity index (χ3n) is 6.78. The van der Waals surface area contributed by atoms with E-state index in [1.807, 2.05) is 48.2 Å². The number of halogens is 1. The Morgan fingerprint density at radius 1 is 1.09 bits per heavy atom. The van der Waals surface area contributed by atoms with E-state index in [0.717, 1.165) is 29.7 Å². The fourth-order valence-electron chi connectivity index (χ4n) is 4.76. The lowest BCUT2D eigenvalue weighted by Gasteiger charge is -2.33. The zero-order valence-electron chi connectivity index (χ0n) is 19.1. The summed E-state index contributed by atoms with van der Waals surface area (Å²) < 4.78 is 5.46. The molecule has 3 aromatic rings. The quantitative estimate of drug-likeness (QED) is 0.538. The fourth-order valence-corrected chi connectivity index (χ4v) is 4.89. The average Bonchev–Trinajstić information content (AvgIpc) is 3.47. The number of carbonyl (C=O) groups excluding carboxylic acids is 2.